The first-order chi connectivity index (χ1) is 26.2. The van der Waals surface area contributed by atoms with E-state index in [1.807, 2.05) is 4.90 Å². The maximum atomic E-state index is 14.3. The van der Waals surface area contributed by atoms with Crippen molar-refractivity contribution < 1.29 is 19.2 Å². The average Bonchev–Trinajstić information content (AvgIpc) is 3.59. The van der Waals surface area contributed by atoms with Crippen LogP contribution in [0.4, 0.5) is 0 Å². The molecular weight excluding hydrogens is 673 g/mol. The van der Waals surface area contributed by atoms with E-state index >= 15 is 0 Å². The standard InChI is InChI=1S/C46H88N4O4/c1-5-7-9-11-13-15-17-19-21-23-25-27-29-31-33-39(3)50(40(4)34-32-30-28-26-24-22-20-18-16-14-12-10-8-6-2)46(54)42(35-37-43(47)51)49-45(53)41-36-38-44(52)48-41/h39-42H,5-38H2,1-4H3,(H2,47,51)(H,48,52)(H,49,53). The van der Waals surface area contributed by atoms with Gasteiger partial charge in [0.25, 0.3) is 0 Å². The number of unbranched alkanes of at least 4 members (excludes halogenated alkanes) is 26. The van der Waals surface area contributed by atoms with Crippen molar-refractivity contribution in [1.29, 1.82) is 0 Å². The lowest BCUT2D eigenvalue weighted by Gasteiger charge is -2.38. The van der Waals surface area contributed by atoms with E-state index in [2.05, 4.69) is 38.3 Å². The Morgan fingerprint density at radius 1 is 0.611 bits per heavy atom. The number of nitrogens with one attached hydrogen (secondary N) is 2. The van der Waals surface area contributed by atoms with Gasteiger partial charge in [-0.3, -0.25) is 19.2 Å². The number of nitrogens with zero attached hydrogens (tertiary/aromatic N) is 1. The first-order valence-electron chi connectivity index (χ1n) is 23.4. The molecule has 0 bridgehead atoms. The van der Waals surface area contributed by atoms with Gasteiger partial charge in [0.05, 0.1) is 0 Å². The molecule has 4 unspecified atom stereocenters. The van der Waals surface area contributed by atoms with Crippen molar-refractivity contribution in [3.8, 4) is 0 Å². The molecule has 0 radical (unpaired) electrons. The third kappa shape index (κ3) is 25.9. The summed E-state index contributed by atoms with van der Waals surface area (Å²) in [5.41, 5.74) is 5.51. The van der Waals surface area contributed by atoms with Crippen LogP contribution in [-0.2, 0) is 19.2 Å². The maximum Gasteiger partial charge on any atom is 0.245 e. The highest BCUT2D eigenvalue weighted by atomic mass is 16.2. The van der Waals surface area contributed by atoms with Gasteiger partial charge in [-0.2, -0.15) is 0 Å². The molecule has 1 saturated heterocycles. The number of nitrogens with two attached hydrogens (primary N) is 1. The van der Waals surface area contributed by atoms with Gasteiger partial charge in [0.2, 0.25) is 23.6 Å². The lowest BCUT2D eigenvalue weighted by Crippen LogP contribution is -2.56. The van der Waals surface area contributed by atoms with E-state index in [1.54, 1.807) is 0 Å². The molecule has 1 aliphatic rings. The fourth-order valence-corrected chi connectivity index (χ4v) is 8.22. The van der Waals surface area contributed by atoms with Crippen molar-refractivity contribution in [2.24, 2.45) is 5.73 Å². The molecule has 4 N–H and O–H groups in total. The third-order valence-electron chi connectivity index (χ3n) is 11.8. The summed E-state index contributed by atoms with van der Waals surface area (Å²) in [6.07, 6.45) is 39.6. The number of carbonyl (C=O) groups excluding carboxylic acids is 4. The highest BCUT2D eigenvalue weighted by Crippen LogP contribution is 2.22. The van der Waals surface area contributed by atoms with Gasteiger partial charge in [-0.1, -0.05) is 194 Å². The third-order valence-corrected chi connectivity index (χ3v) is 11.8. The predicted octanol–water partition coefficient (Wildman–Crippen LogP) is 11.4. The highest BCUT2D eigenvalue weighted by Gasteiger charge is 2.35. The molecule has 1 rings (SSSR count). The predicted molar refractivity (Wildman–Crippen MR) is 227 cm³/mol. The average molecular weight is 761 g/mol. The summed E-state index contributed by atoms with van der Waals surface area (Å²) in [5, 5.41) is 5.62. The normalized spacial score (nSPS) is 15.9. The van der Waals surface area contributed by atoms with Crippen molar-refractivity contribution in [1.82, 2.24) is 15.5 Å². The Morgan fingerprint density at radius 3 is 1.28 bits per heavy atom. The Labute approximate surface area is 333 Å². The van der Waals surface area contributed by atoms with E-state index in [4.69, 9.17) is 5.73 Å². The molecule has 54 heavy (non-hydrogen) atoms. The van der Waals surface area contributed by atoms with Gasteiger partial charge in [-0.25, -0.2) is 0 Å². The molecule has 0 spiro atoms. The molecule has 8 nitrogen and oxygen atoms in total. The molecule has 4 atom stereocenters. The van der Waals surface area contributed by atoms with E-state index < -0.39 is 18.0 Å². The molecule has 1 fully saturated rings. The largest absolute Gasteiger partial charge is 0.370 e. The van der Waals surface area contributed by atoms with Crippen molar-refractivity contribution in [2.75, 3.05) is 0 Å². The van der Waals surface area contributed by atoms with Crippen LogP contribution in [0.25, 0.3) is 0 Å². The number of hydrogen-bond acceptors (Lipinski definition) is 4. The van der Waals surface area contributed by atoms with Crippen LogP contribution in [0.5, 0.6) is 0 Å². The zero-order chi connectivity index (χ0) is 39.7. The molecule has 4 amide bonds. The zero-order valence-corrected chi connectivity index (χ0v) is 36.0. The monoisotopic (exact) mass is 761 g/mol. The molecular formula is C46H88N4O4. The maximum absolute atomic E-state index is 14.3. The number of primary amides is 1. The van der Waals surface area contributed by atoms with Crippen LogP contribution in [0.2, 0.25) is 0 Å². The Bertz CT molecular complexity index is 921. The molecule has 0 aromatic rings. The zero-order valence-electron chi connectivity index (χ0n) is 36.0. The minimum Gasteiger partial charge on any atom is -0.370 e. The number of rotatable bonds is 38. The summed E-state index contributed by atoms with van der Waals surface area (Å²) in [5.74, 6) is -1.14. The van der Waals surface area contributed by atoms with Crippen LogP contribution in [0.1, 0.15) is 246 Å². The van der Waals surface area contributed by atoms with Gasteiger partial charge in [0.1, 0.15) is 12.1 Å². The van der Waals surface area contributed by atoms with Gasteiger partial charge in [-0.15, -0.1) is 0 Å². The van der Waals surface area contributed by atoms with Crippen molar-refractivity contribution in [3.05, 3.63) is 0 Å². The summed E-state index contributed by atoms with van der Waals surface area (Å²) < 4.78 is 0. The minimum absolute atomic E-state index is 0.0161. The molecule has 316 valence electrons. The van der Waals surface area contributed by atoms with Gasteiger partial charge in [-0.05, 0) is 39.5 Å². The molecule has 1 aliphatic heterocycles. The number of amides is 4. The van der Waals surface area contributed by atoms with E-state index in [0.717, 1.165) is 25.7 Å². The Kier molecular flexibility index (Phi) is 31.6. The van der Waals surface area contributed by atoms with E-state index in [0.29, 0.717) is 12.8 Å². The lowest BCUT2D eigenvalue weighted by atomic mass is 9.98. The molecule has 0 saturated carbocycles. The Hall–Kier alpha value is -2.12. The second kappa shape index (κ2) is 34.2. The van der Waals surface area contributed by atoms with Gasteiger partial charge >= 0.3 is 0 Å². The van der Waals surface area contributed by atoms with Crippen molar-refractivity contribution >= 4 is 23.6 Å². The molecule has 8 heteroatoms. The number of carbonyl (C=O) groups is 4. The topological polar surface area (TPSA) is 122 Å². The Balaban J connectivity index is 2.60. The van der Waals surface area contributed by atoms with E-state index in [1.165, 1.54) is 167 Å². The lowest BCUT2D eigenvalue weighted by molar-refractivity contribution is -0.141. The highest BCUT2D eigenvalue weighted by molar-refractivity contribution is 5.94. The van der Waals surface area contributed by atoms with Crippen LogP contribution in [-0.4, -0.2) is 52.7 Å². The van der Waals surface area contributed by atoms with Crippen LogP contribution in [0, 0.1) is 0 Å². The SMILES string of the molecule is CCCCCCCCCCCCCCCCC(C)N(C(=O)C(CCC(N)=O)NC(=O)C1CCC(=O)N1)C(C)CCCCCCCCCCCCCCCC. The molecule has 0 aliphatic carbocycles. The summed E-state index contributed by atoms with van der Waals surface area (Å²) in [7, 11) is 0. The van der Waals surface area contributed by atoms with Gasteiger partial charge in [0, 0.05) is 24.9 Å². The smallest absolute Gasteiger partial charge is 0.245 e. The number of hydrogen-bond donors (Lipinski definition) is 3. The fraction of sp³-hybridized carbons (Fsp3) is 0.913. The van der Waals surface area contributed by atoms with Gasteiger partial charge in [0.15, 0.2) is 0 Å². The van der Waals surface area contributed by atoms with Crippen molar-refractivity contribution in [3.63, 3.8) is 0 Å². The first-order valence-corrected chi connectivity index (χ1v) is 23.4. The second-order valence-corrected chi connectivity index (χ2v) is 16.9. The fourth-order valence-electron chi connectivity index (χ4n) is 8.22. The second-order valence-electron chi connectivity index (χ2n) is 16.9. The summed E-state index contributed by atoms with van der Waals surface area (Å²) in [6, 6.07) is -1.44. The molecule has 1 heterocycles. The quantitative estimate of drug-likeness (QED) is 0.0542. The first kappa shape index (κ1) is 49.9. The Morgan fingerprint density at radius 2 is 0.963 bits per heavy atom. The molecule has 0 aromatic heterocycles. The summed E-state index contributed by atoms with van der Waals surface area (Å²) >= 11 is 0. The van der Waals surface area contributed by atoms with E-state index in [9.17, 15) is 19.2 Å². The summed E-state index contributed by atoms with van der Waals surface area (Å²) in [6.45, 7) is 8.84. The van der Waals surface area contributed by atoms with Gasteiger partial charge < -0.3 is 21.3 Å². The minimum atomic E-state index is -0.847. The van der Waals surface area contributed by atoms with Crippen LogP contribution in [0.3, 0.4) is 0 Å². The van der Waals surface area contributed by atoms with Crippen LogP contribution in [0.15, 0.2) is 0 Å². The van der Waals surface area contributed by atoms with Crippen LogP contribution >= 0.6 is 0 Å². The van der Waals surface area contributed by atoms with Crippen LogP contribution < -0.4 is 16.4 Å². The molecule has 0 aromatic carbocycles. The van der Waals surface area contributed by atoms with E-state index in [-0.39, 0.29) is 42.6 Å². The van der Waals surface area contributed by atoms with Crippen molar-refractivity contribution in [2.45, 2.75) is 270 Å². The summed E-state index contributed by atoms with van der Waals surface area (Å²) in [4.78, 5) is 53.1.